The summed E-state index contributed by atoms with van der Waals surface area (Å²) in [6.07, 6.45) is 8.71. The summed E-state index contributed by atoms with van der Waals surface area (Å²) in [5, 5.41) is 16.8. The summed E-state index contributed by atoms with van der Waals surface area (Å²) < 4.78 is 7.15. The van der Waals surface area contributed by atoms with Crippen molar-refractivity contribution in [3.63, 3.8) is 0 Å². The van der Waals surface area contributed by atoms with Crippen LogP contribution >= 0.6 is 11.3 Å². The highest BCUT2D eigenvalue weighted by atomic mass is 32.1. The molecule has 0 saturated carbocycles. The monoisotopic (exact) mass is 537 g/mol. The molecule has 5 rings (SSSR count). The Kier molecular flexibility index (Phi) is 9.73. The van der Waals surface area contributed by atoms with Crippen LogP contribution in [0.1, 0.15) is 38.5 Å². The van der Waals surface area contributed by atoms with Crippen LogP contribution in [0.3, 0.4) is 0 Å². The van der Waals surface area contributed by atoms with Crippen LogP contribution in [0.25, 0.3) is 10.2 Å². The van der Waals surface area contributed by atoms with E-state index in [0.717, 1.165) is 36.4 Å². The van der Waals surface area contributed by atoms with Gasteiger partial charge in [0.2, 0.25) is 0 Å². The van der Waals surface area contributed by atoms with E-state index in [-0.39, 0.29) is 0 Å². The van der Waals surface area contributed by atoms with Gasteiger partial charge >= 0.3 is 11.9 Å². The maximum Gasteiger partial charge on any atom is 0.328 e. The number of piperidine rings is 1. The Morgan fingerprint density at radius 1 is 1.00 bits per heavy atom. The molecular weight excluding hydrogens is 502 g/mol. The standard InChI is InChI=1S/C25H31N3OS.C4H4O4/c1-27(25-26-23-11-5-6-12-24(23)30-25)21-17-19-13-14-20(18-21)28(19)15-7-8-16-29-22-9-3-2-4-10-22;5-3(6)1-2-4(7)8/h2-6,9-12,19-21H,7-8,13-18H2,1H3;1-2H,(H,5,6)(H,7,8). The summed E-state index contributed by atoms with van der Waals surface area (Å²) in [5.74, 6) is -1.53. The Balaban J connectivity index is 0.000000368. The molecule has 2 aliphatic heterocycles. The van der Waals surface area contributed by atoms with E-state index in [1.165, 1.54) is 48.5 Å². The van der Waals surface area contributed by atoms with E-state index in [2.05, 4.69) is 41.1 Å². The lowest BCUT2D eigenvalue weighted by Crippen LogP contribution is -2.49. The van der Waals surface area contributed by atoms with Crippen LogP contribution in [-0.4, -0.2) is 70.4 Å². The minimum Gasteiger partial charge on any atom is -0.494 e. The maximum absolute atomic E-state index is 9.55. The number of rotatable bonds is 10. The molecule has 8 nitrogen and oxygen atoms in total. The van der Waals surface area contributed by atoms with Crippen LogP contribution in [0, 0.1) is 0 Å². The second-order valence-corrected chi connectivity index (χ2v) is 10.7. The lowest BCUT2D eigenvalue weighted by atomic mass is 9.96. The van der Waals surface area contributed by atoms with Crippen molar-refractivity contribution >= 4 is 38.6 Å². The summed E-state index contributed by atoms with van der Waals surface area (Å²) in [6, 6.07) is 20.7. The minimum atomic E-state index is -1.26. The smallest absolute Gasteiger partial charge is 0.328 e. The molecule has 2 N–H and O–H groups in total. The highest BCUT2D eigenvalue weighted by Crippen LogP contribution is 2.39. The summed E-state index contributed by atoms with van der Waals surface area (Å²) in [4.78, 5) is 29.3. The molecule has 2 fully saturated rings. The molecule has 3 heterocycles. The maximum atomic E-state index is 9.55. The third-order valence-corrected chi connectivity index (χ3v) is 8.31. The summed E-state index contributed by atoms with van der Waals surface area (Å²) in [5.41, 5.74) is 1.13. The summed E-state index contributed by atoms with van der Waals surface area (Å²) in [6.45, 7) is 2.03. The number of carbonyl (C=O) groups is 2. The number of unbranched alkanes of at least 4 members (excludes halogenated alkanes) is 1. The Labute approximate surface area is 227 Å². The number of para-hydroxylation sites is 2. The van der Waals surface area contributed by atoms with E-state index >= 15 is 0 Å². The van der Waals surface area contributed by atoms with Crippen LogP contribution in [-0.2, 0) is 9.59 Å². The van der Waals surface area contributed by atoms with Crippen molar-refractivity contribution in [2.45, 2.75) is 56.7 Å². The Morgan fingerprint density at radius 3 is 2.26 bits per heavy atom. The quantitative estimate of drug-likeness (QED) is 0.265. The number of nitrogens with zero attached hydrogens (tertiary/aromatic N) is 3. The van der Waals surface area contributed by atoms with Gasteiger partial charge in [-0.05, 0) is 69.3 Å². The van der Waals surface area contributed by atoms with Crippen LogP contribution < -0.4 is 9.64 Å². The molecule has 2 aliphatic rings. The second kappa shape index (κ2) is 13.4. The molecule has 38 heavy (non-hydrogen) atoms. The zero-order valence-corrected chi connectivity index (χ0v) is 22.4. The van der Waals surface area contributed by atoms with Gasteiger partial charge in [0.25, 0.3) is 0 Å². The number of thiazole rings is 1. The first-order valence-corrected chi connectivity index (χ1v) is 13.9. The predicted molar refractivity (Wildman–Crippen MR) is 150 cm³/mol. The molecule has 2 saturated heterocycles. The third kappa shape index (κ3) is 7.55. The van der Waals surface area contributed by atoms with Crippen molar-refractivity contribution in [2.75, 3.05) is 25.1 Å². The van der Waals surface area contributed by atoms with Gasteiger partial charge in [0, 0.05) is 37.3 Å². The van der Waals surface area contributed by atoms with Crippen LogP contribution in [0.15, 0.2) is 66.7 Å². The molecule has 202 valence electrons. The van der Waals surface area contributed by atoms with Crippen molar-refractivity contribution in [2.24, 2.45) is 0 Å². The number of carboxylic acids is 2. The molecule has 9 heteroatoms. The number of anilines is 1. The molecule has 2 unspecified atom stereocenters. The fourth-order valence-corrected chi connectivity index (χ4v) is 6.34. The number of hydrogen-bond acceptors (Lipinski definition) is 7. The van der Waals surface area contributed by atoms with E-state index in [4.69, 9.17) is 19.9 Å². The Bertz CT molecular complexity index is 1170. The fourth-order valence-electron chi connectivity index (χ4n) is 5.34. The van der Waals surface area contributed by atoms with Crippen molar-refractivity contribution in [1.29, 1.82) is 0 Å². The van der Waals surface area contributed by atoms with Gasteiger partial charge in [-0.15, -0.1) is 0 Å². The van der Waals surface area contributed by atoms with Gasteiger partial charge in [-0.1, -0.05) is 41.7 Å². The van der Waals surface area contributed by atoms with Gasteiger partial charge in [0.1, 0.15) is 5.75 Å². The Hall–Kier alpha value is -3.43. The van der Waals surface area contributed by atoms with Gasteiger partial charge in [0.05, 0.1) is 16.8 Å². The van der Waals surface area contributed by atoms with Crippen LogP contribution in [0.5, 0.6) is 5.75 Å². The topological polar surface area (TPSA) is 103 Å². The number of carboxylic acid groups (broad SMARTS) is 2. The van der Waals surface area contributed by atoms with Gasteiger partial charge in [-0.25, -0.2) is 14.6 Å². The van der Waals surface area contributed by atoms with Crippen molar-refractivity contribution in [3.05, 3.63) is 66.7 Å². The van der Waals surface area contributed by atoms with Gasteiger partial charge < -0.3 is 19.8 Å². The van der Waals surface area contributed by atoms with E-state index in [1.54, 1.807) is 0 Å². The SMILES string of the molecule is CN(c1nc2ccccc2s1)C1CC2CCC(C1)N2CCCCOc1ccccc1.O=C(O)C=CC(=O)O. The molecule has 2 bridgehead atoms. The van der Waals surface area contributed by atoms with E-state index in [1.807, 2.05) is 41.7 Å². The number of fused-ring (bicyclic) bond motifs is 3. The summed E-state index contributed by atoms with van der Waals surface area (Å²) >= 11 is 1.83. The molecule has 2 atom stereocenters. The number of ether oxygens (including phenoxy) is 1. The number of aromatic nitrogens is 1. The highest BCUT2D eigenvalue weighted by Gasteiger charge is 2.41. The van der Waals surface area contributed by atoms with E-state index in [9.17, 15) is 9.59 Å². The average molecular weight is 538 g/mol. The van der Waals surface area contributed by atoms with Crippen LogP contribution in [0.4, 0.5) is 5.13 Å². The molecule has 3 aromatic rings. The summed E-state index contributed by atoms with van der Waals surface area (Å²) in [7, 11) is 2.25. The zero-order valence-electron chi connectivity index (χ0n) is 21.6. The van der Waals surface area contributed by atoms with E-state index in [0.29, 0.717) is 18.2 Å². The number of aliphatic carboxylic acids is 2. The molecule has 1 aromatic heterocycles. The largest absolute Gasteiger partial charge is 0.494 e. The Morgan fingerprint density at radius 2 is 1.63 bits per heavy atom. The zero-order chi connectivity index (χ0) is 26.9. The first-order chi connectivity index (χ1) is 18.4. The van der Waals surface area contributed by atoms with Crippen molar-refractivity contribution in [3.8, 4) is 5.75 Å². The van der Waals surface area contributed by atoms with Gasteiger partial charge in [0.15, 0.2) is 5.13 Å². The first-order valence-electron chi connectivity index (χ1n) is 13.1. The number of hydrogen-bond donors (Lipinski definition) is 2. The van der Waals surface area contributed by atoms with Crippen molar-refractivity contribution < 1.29 is 24.5 Å². The molecule has 0 radical (unpaired) electrons. The van der Waals surface area contributed by atoms with Gasteiger partial charge in [-0.3, -0.25) is 4.90 Å². The van der Waals surface area contributed by atoms with Gasteiger partial charge in [-0.2, -0.15) is 0 Å². The third-order valence-electron chi connectivity index (χ3n) is 7.18. The van der Waals surface area contributed by atoms with Crippen LogP contribution in [0.2, 0.25) is 0 Å². The number of benzene rings is 2. The molecular formula is C29H35N3O5S. The highest BCUT2D eigenvalue weighted by molar-refractivity contribution is 7.22. The lowest BCUT2D eigenvalue weighted by Gasteiger charge is -2.42. The molecule has 0 amide bonds. The predicted octanol–water partition coefficient (Wildman–Crippen LogP) is 5.30. The molecule has 0 aliphatic carbocycles. The normalized spacial score (nSPS) is 20.7. The first kappa shape index (κ1) is 27.6. The average Bonchev–Trinajstić information content (AvgIpc) is 3.45. The minimum absolute atomic E-state index is 0.558. The van der Waals surface area contributed by atoms with Crippen molar-refractivity contribution in [1.82, 2.24) is 9.88 Å². The lowest BCUT2D eigenvalue weighted by molar-refractivity contribution is -0.134. The molecule has 0 spiro atoms. The molecule has 2 aromatic carbocycles. The van der Waals surface area contributed by atoms with E-state index < -0.39 is 11.9 Å². The second-order valence-electron chi connectivity index (χ2n) is 9.70. The fraction of sp³-hybridized carbons (Fsp3) is 0.414.